The van der Waals surface area contributed by atoms with Gasteiger partial charge in [-0.25, -0.2) is 4.79 Å². The normalized spacial score (nSPS) is 13.9. The minimum Gasteiger partial charge on any atom is -0.482 e. The van der Waals surface area contributed by atoms with E-state index in [-0.39, 0.29) is 44.1 Å². The predicted octanol–water partition coefficient (Wildman–Crippen LogP) is -0.160. The molecule has 1 aromatic carbocycles. The van der Waals surface area contributed by atoms with Gasteiger partial charge in [-0.3, -0.25) is 19.2 Å². The standard InChI is InChI=1S/C18H21N3O7/c1-10(22)11-2-4-14-13(8-11)21(17(25)9-28-14)7-6-16(24)20-12(18(26)27)3-5-15(19)23/h2,4,8,12H,3,5-7,9H2,1H3,(H2,19,23)(H,20,24)(H,26,27). The van der Waals surface area contributed by atoms with Gasteiger partial charge in [0, 0.05) is 24.9 Å². The summed E-state index contributed by atoms with van der Waals surface area (Å²) >= 11 is 0. The number of amides is 3. The molecule has 1 unspecified atom stereocenters. The van der Waals surface area contributed by atoms with Crippen LogP contribution in [0.3, 0.4) is 0 Å². The molecule has 28 heavy (non-hydrogen) atoms. The topological polar surface area (TPSA) is 156 Å². The van der Waals surface area contributed by atoms with Gasteiger partial charge in [-0.05, 0) is 31.5 Å². The van der Waals surface area contributed by atoms with Crippen LogP contribution in [-0.2, 0) is 19.2 Å². The third kappa shape index (κ3) is 5.29. The molecule has 0 saturated heterocycles. The highest BCUT2D eigenvalue weighted by Crippen LogP contribution is 2.33. The summed E-state index contributed by atoms with van der Waals surface area (Å²) in [6.45, 7) is 1.16. The lowest BCUT2D eigenvalue weighted by molar-refractivity contribution is -0.142. The maximum Gasteiger partial charge on any atom is 0.326 e. The first-order valence-corrected chi connectivity index (χ1v) is 8.57. The van der Waals surface area contributed by atoms with Crippen molar-refractivity contribution in [2.75, 3.05) is 18.1 Å². The van der Waals surface area contributed by atoms with E-state index in [1.807, 2.05) is 0 Å². The average Bonchev–Trinajstić information content (AvgIpc) is 2.63. The van der Waals surface area contributed by atoms with Gasteiger partial charge in [0.25, 0.3) is 5.91 Å². The molecule has 3 amide bonds. The molecule has 1 aliphatic heterocycles. The summed E-state index contributed by atoms with van der Waals surface area (Å²) in [7, 11) is 0. The lowest BCUT2D eigenvalue weighted by atomic mass is 10.1. The Balaban J connectivity index is 2.05. The van der Waals surface area contributed by atoms with Gasteiger partial charge in [-0.2, -0.15) is 0 Å². The Kier molecular flexibility index (Phi) is 6.69. The molecule has 1 aromatic rings. The van der Waals surface area contributed by atoms with Gasteiger partial charge in [0.2, 0.25) is 11.8 Å². The number of aliphatic carboxylic acids is 1. The second-order valence-corrected chi connectivity index (χ2v) is 6.29. The van der Waals surface area contributed by atoms with Crippen LogP contribution in [0.25, 0.3) is 0 Å². The highest BCUT2D eigenvalue weighted by Gasteiger charge is 2.27. The Morgan fingerprint density at radius 3 is 2.61 bits per heavy atom. The first kappa shape index (κ1) is 20.9. The van der Waals surface area contributed by atoms with E-state index >= 15 is 0 Å². The van der Waals surface area contributed by atoms with E-state index in [9.17, 15) is 24.0 Å². The van der Waals surface area contributed by atoms with E-state index in [2.05, 4.69) is 5.32 Å². The van der Waals surface area contributed by atoms with Crippen molar-refractivity contribution < 1.29 is 33.8 Å². The number of ketones is 1. The number of benzene rings is 1. The van der Waals surface area contributed by atoms with Crippen LogP contribution in [0, 0.1) is 0 Å². The average molecular weight is 391 g/mol. The first-order valence-electron chi connectivity index (χ1n) is 8.57. The van der Waals surface area contributed by atoms with Crippen molar-refractivity contribution in [2.24, 2.45) is 5.73 Å². The molecule has 0 spiro atoms. The number of carbonyl (C=O) groups excluding carboxylic acids is 4. The van der Waals surface area contributed by atoms with Crippen molar-refractivity contribution in [3.63, 3.8) is 0 Å². The summed E-state index contributed by atoms with van der Waals surface area (Å²) in [5.74, 6) is -2.71. The maximum atomic E-state index is 12.2. The maximum absolute atomic E-state index is 12.2. The SMILES string of the molecule is CC(=O)c1ccc2c(c1)N(CCC(=O)NC(CCC(N)=O)C(=O)O)C(=O)CO2. The molecule has 0 saturated carbocycles. The van der Waals surface area contributed by atoms with Crippen LogP contribution in [0.1, 0.15) is 36.5 Å². The van der Waals surface area contributed by atoms with Gasteiger partial charge in [-0.1, -0.05) is 0 Å². The number of nitrogens with zero attached hydrogens (tertiary/aromatic N) is 1. The summed E-state index contributed by atoms with van der Waals surface area (Å²) in [6.07, 6.45) is -0.478. The molecular weight excluding hydrogens is 370 g/mol. The minimum absolute atomic E-state index is 0.0233. The smallest absolute Gasteiger partial charge is 0.326 e. The molecule has 150 valence electrons. The van der Waals surface area contributed by atoms with Crippen molar-refractivity contribution in [3.05, 3.63) is 23.8 Å². The number of Topliss-reactive ketones (excluding diaryl/α,β-unsaturated/α-hetero) is 1. The second-order valence-electron chi connectivity index (χ2n) is 6.29. The minimum atomic E-state index is -1.28. The van der Waals surface area contributed by atoms with Crippen LogP contribution in [0.2, 0.25) is 0 Å². The fraction of sp³-hybridized carbons (Fsp3) is 0.389. The summed E-state index contributed by atoms with van der Waals surface area (Å²) < 4.78 is 5.33. The monoisotopic (exact) mass is 391 g/mol. The van der Waals surface area contributed by atoms with E-state index < -0.39 is 23.8 Å². The van der Waals surface area contributed by atoms with Gasteiger partial charge < -0.3 is 25.8 Å². The van der Waals surface area contributed by atoms with Gasteiger partial charge in [0.05, 0.1) is 5.69 Å². The number of ether oxygens (including phenoxy) is 1. The molecule has 10 heteroatoms. The number of carboxylic acids is 1. The van der Waals surface area contributed by atoms with Crippen molar-refractivity contribution in [3.8, 4) is 5.75 Å². The number of rotatable bonds is 9. The number of anilines is 1. The van der Waals surface area contributed by atoms with Gasteiger partial charge in [0.15, 0.2) is 12.4 Å². The van der Waals surface area contributed by atoms with E-state index in [4.69, 9.17) is 15.6 Å². The Labute approximate surface area is 160 Å². The van der Waals surface area contributed by atoms with Crippen molar-refractivity contribution >= 4 is 35.2 Å². The largest absolute Gasteiger partial charge is 0.482 e. The first-order chi connectivity index (χ1) is 13.2. The summed E-state index contributed by atoms with van der Waals surface area (Å²) in [5.41, 5.74) is 5.76. The third-order valence-corrected chi connectivity index (χ3v) is 4.18. The number of primary amides is 1. The predicted molar refractivity (Wildman–Crippen MR) is 96.9 cm³/mol. The van der Waals surface area contributed by atoms with Crippen molar-refractivity contribution in [1.29, 1.82) is 0 Å². The Bertz CT molecular complexity index is 821. The fourth-order valence-corrected chi connectivity index (χ4v) is 2.69. The van der Waals surface area contributed by atoms with E-state index in [0.29, 0.717) is 17.0 Å². The lowest BCUT2D eigenvalue weighted by Crippen LogP contribution is -2.44. The molecule has 1 aliphatic rings. The molecule has 0 aromatic heterocycles. The second kappa shape index (κ2) is 8.98. The Hall–Kier alpha value is -3.43. The number of nitrogens with one attached hydrogen (secondary N) is 1. The summed E-state index contributed by atoms with van der Waals surface area (Å²) in [6, 6.07) is 3.42. The van der Waals surface area contributed by atoms with Gasteiger partial charge >= 0.3 is 5.97 Å². The summed E-state index contributed by atoms with van der Waals surface area (Å²) in [4.78, 5) is 59.2. The molecule has 1 heterocycles. The molecule has 10 nitrogen and oxygen atoms in total. The molecule has 2 rings (SSSR count). The highest BCUT2D eigenvalue weighted by atomic mass is 16.5. The third-order valence-electron chi connectivity index (χ3n) is 4.18. The van der Waals surface area contributed by atoms with Crippen LogP contribution in [0.4, 0.5) is 5.69 Å². The number of hydrogen-bond donors (Lipinski definition) is 3. The van der Waals surface area contributed by atoms with Crippen LogP contribution >= 0.6 is 0 Å². The number of hydrogen-bond acceptors (Lipinski definition) is 6. The van der Waals surface area contributed by atoms with Crippen LogP contribution in [0.5, 0.6) is 5.75 Å². The van der Waals surface area contributed by atoms with Crippen molar-refractivity contribution in [2.45, 2.75) is 32.2 Å². The van der Waals surface area contributed by atoms with E-state index in [1.54, 1.807) is 12.1 Å². The molecule has 0 bridgehead atoms. The molecule has 1 atom stereocenters. The van der Waals surface area contributed by atoms with Gasteiger partial charge in [0.1, 0.15) is 11.8 Å². The van der Waals surface area contributed by atoms with Crippen LogP contribution in [0.15, 0.2) is 18.2 Å². The molecule has 0 fully saturated rings. The Morgan fingerprint density at radius 2 is 2.00 bits per heavy atom. The summed E-state index contributed by atoms with van der Waals surface area (Å²) in [5, 5.41) is 11.4. The molecule has 4 N–H and O–H groups in total. The van der Waals surface area contributed by atoms with Crippen molar-refractivity contribution in [1.82, 2.24) is 5.32 Å². The fourth-order valence-electron chi connectivity index (χ4n) is 2.69. The number of carbonyl (C=O) groups is 5. The van der Waals surface area contributed by atoms with E-state index in [0.717, 1.165) is 0 Å². The number of fused-ring (bicyclic) bond motifs is 1. The lowest BCUT2D eigenvalue weighted by Gasteiger charge is -2.29. The van der Waals surface area contributed by atoms with Gasteiger partial charge in [-0.15, -0.1) is 0 Å². The quantitative estimate of drug-likeness (QED) is 0.494. The molecular formula is C18H21N3O7. The molecule has 0 aliphatic carbocycles. The zero-order chi connectivity index (χ0) is 20.8. The Morgan fingerprint density at radius 1 is 1.29 bits per heavy atom. The zero-order valence-electron chi connectivity index (χ0n) is 15.3. The van der Waals surface area contributed by atoms with Crippen LogP contribution < -0.4 is 20.7 Å². The van der Waals surface area contributed by atoms with Crippen LogP contribution in [-0.4, -0.2) is 53.8 Å². The highest BCUT2D eigenvalue weighted by molar-refractivity contribution is 6.01. The van der Waals surface area contributed by atoms with E-state index in [1.165, 1.54) is 17.9 Å². The zero-order valence-corrected chi connectivity index (χ0v) is 15.3. The number of carboxylic acid groups (broad SMARTS) is 1. The number of nitrogens with two attached hydrogens (primary N) is 1. The molecule has 0 radical (unpaired) electrons.